The van der Waals surface area contributed by atoms with Crippen LogP contribution in [0.2, 0.25) is 0 Å². The van der Waals surface area contributed by atoms with Gasteiger partial charge in [0.15, 0.2) is 5.78 Å². The lowest BCUT2D eigenvalue weighted by atomic mass is 9.98. The summed E-state index contributed by atoms with van der Waals surface area (Å²) in [5.41, 5.74) is 2.21. The number of hydrogen-bond acceptors (Lipinski definition) is 6. The summed E-state index contributed by atoms with van der Waals surface area (Å²) in [6.45, 7) is 0.334. The van der Waals surface area contributed by atoms with E-state index in [1.54, 1.807) is 41.7 Å². The first-order valence-corrected chi connectivity index (χ1v) is 13.3. The molecular weight excluding hydrogens is 488 g/mol. The number of phenolic OH excluding ortho intramolecular Hbond substituents is 1. The summed E-state index contributed by atoms with van der Waals surface area (Å²) in [4.78, 5) is 24.5. The van der Waals surface area contributed by atoms with Crippen LogP contribution in [0.25, 0.3) is 10.1 Å². The summed E-state index contributed by atoms with van der Waals surface area (Å²) in [7, 11) is 0. The van der Waals surface area contributed by atoms with Crippen molar-refractivity contribution >= 4 is 33.2 Å². The maximum absolute atomic E-state index is 13.3. The van der Waals surface area contributed by atoms with Gasteiger partial charge in [-0.25, -0.2) is 0 Å². The molecule has 4 aromatic rings. The van der Waals surface area contributed by atoms with Gasteiger partial charge in [0.2, 0.25) is 0 Å². The second kappa shape index (κ2) is 11.0. The second-order valence-electron chi connectivity index (χ2n) is 9.29. The number of aromatic hydroxyl groups is 1. The van der Waals surface area contributed by atoms with Crippen LogP contribution in [0.1, 0.15) is 59.2 Å². The molecule has 37 heavy (non-hydrogen) atoms. The molecule has 0 aliphatic heterocycles. The lowest BCUT2D eigenvalue weighted by Gasteiger charge is -2.15. The van der Waals surface area contributed by atoms with Crippen LogP contribution in [0.5, 0.6) is 17.2 Å². The fraction of sp³-hybridized carbons (Fsp3) is 0.267. The average Bonchev–Trinajstić information content (AvgIpc) is 3.56. The molecule has 0 radical (unpaired) electrons. The Bertz CT molecular complexity index is 1430. The maximum Gasteiger partial charge on any atom is 0.303 e. The van der Waals surface area contributed by atoms with Gasteiger partial charge < -0.3 is 19.7 Å². The molecule has 0 bridgehead atoms. The zero-order valence-electron chi connectivity index (χ0n) is 20.3. The first kappa shape index (κ1) is 24.8. The zero-order chi connectivity index (χ0) is 25.8. The molecule has 1 fully saturated rings. The van der Waals surface area contributed by atoms with Gasteiger partial charge in [0.05, 0.1) is 11.7 Å². The van der Waals surface area contributed by atoms with Gasteiger partial charge in [-0.1, -0.05) is 18.2 Å². The lowest BCUT2D eigenvalue weighted by Crippen LogP contribution is -2.11. The number of hydrogen-bond donors (Lipinski definition) is 2. The Morgan fingerprint density at radius 1 is 0.973 bits per heavy atom. The Hall–Kier alpha value is -3.84. The van der Waals surface area contributed by atoms with Crippen molar-refractivity contribution in [3.63, 3.8) is 0 Å². The molecule has 6 nitrogen and oxygen atoms in total. The van der Waals surface area contributed by atoms with Gasteiger partial charge >= 0.3 is 5.97 Å². The number of rotatable bonds is 10. The van der Waals surface area contributed by atoms with E-state index in [4.69, 9.17) is 9.47 Å². The van der Waals surface area contributed by atoms with Crippen LogP contribution in [-0.2, 0) is 17.8 Å². The Morgan fingerprint density at radius 3 is 2.57 bits per heavy atom. The molecule has 0 atom stereocenters. The molecule has 0 amide bonds. The van der Waals surface area contributed by atoms with Crippen molar-refractivity contribution in [3.8, 4) is 17.2 Å². The van der Waals surface area contributed by atoms with E-state index in [0.29, 0.717) is 29.2 Å². The Labute approximate surface area is 219 Å². The summed E-state index contributed by atoms with van der Waals surface area (Å²) in [5.74, 6) is -0.332. The van der Waals surface area contributed by atoms with Gasteiger partial charge in [0.25, 0.3) is 0 Å². The molecule has 1 heterocycles. The second-order valence-corrected chi connectivity index (χ2v) is 10.2. The van der Waals surface area contributed by atoms with E-state index in [2.05, 4.69) is 11.4 Å². The van der Waals surface area contributed by atoms with Crippen LogP contribution in [0, 0.1) is 0 Å². The van der Waals surface area contributed by atoms with E-state index >= 15 is 0 Å². The fourth-order valence-electron chi connectivity index (χ4n) is 4.73. The maximum atomic E-state index is 13.3. The topological polar surface area (TPSA) is 93.1 Å². The molecular formula is C30H28O6S. The van der Waals surface area contributed by atoms with Crippen LogP contribution in [0.4, 0.5) is 0 Å². The Kier molecular flexibility index (Phi) is 7.42. The highest BCUT2D eigenvalue weighted by Crippen LogP contribution is 2.32. The summed E-state index contributed by atoms with van der Waals surface area (Å²) in [6.07, 6.45) is 4.55. The number of carboxylic acids is 1. The van der Waals surface area contributed by atoms with E-state index in [1.165, 1.54) is 10.8 Å². The van der Waals surface area contributed by atoms with Gasteiger partial charge in [-0.05, 0) is 84.8 Å². The summed E-state index contributed by atoms with van der Waals surface area (Å²) in [5, 5.41) is 23.0. The number of thiophene rings is 1. The average molecular weight is 517 g/mol. The Balaban J connectivity index is 1.36. The van der Waals surface area contributed by atoms with Crippen LogP contribution < -0.4 is 9.47 Å². The highest BCUT2D eigenvalue weighted by atomic mass is 32.1. The lowest BCUT2D eigenvalue weighted by molar-refractivity contribution is -0.136. The molecule has 1 saturated carbocycles. The molecule has 1 aliphatic carbocycles. The van der Waals surface area contributed by atoms with Crippen LogP contribution in [0.15, 0.2) is 66.0 Å². The number of benzene rings is 3. The molecule has 0 unspecified atom stereocenters. The van der Waals surface area contributed by atoms with Crippen LogP contribution in [-0.4, -0.2) is 28.1 Å². The number of aryl methyl sites for hydroxylation is 1. The standard InChI is InChI=1S/C30H28O6S/c31-26-16-23(36-22-5-1-2-6-22)11-12-25(26)30(34)20-9-13-27(19(15-20)10-14-29(32)33)35-17-21-18-37-28-8-4-3-7-24(21)28/h3-4,7-9,11-13,15-16,18,22,31H,1-2,5-6,10,14,17H2,(H,32,33). The summed E-state index contributed by atoms with van der Waals surface area (Å²) >= 11 is 1.65. The number of aliphatic carboxylic acids is 1. The molecule has 3 aromatic carbocycles. The van der Waals surface area contributed by atoms with E-state index < -0.39 is 5.97 Å². The first-order valence-electron chi connectivity index (χ1n) is 12.4. The number of carboxylic acid groups (broad SMARTS) is 1. The minimum atomic E-state index is -0.929. The highest BCUT2D eigenvalue weighted by molar-refractivity contribution is 7.17. The van der Waals surface area contributed by atoms with Crippen molar-refractivity contribution < 1.29 is 29.3 Å². The monoisotopic (exact) mass is 516 g/mol. The minimum Gasteiger partial charge on any atom is -0.507 e. The van der Waals surface area contributed by atoms with Gasteiger partial charge in [-0.3, -0.25) is 9.59 Å². The molecule has 5 rings (SSSR count). The van der Waals surface area contributed by atoms with Crippen molar-refractivity contribution in [2.24, 2.45) is 0 Å². The molecule has 0 spiro atoms. The zero-order valence-corrected chi connectivity index (χ0v) is 21.1. The molecule has 0 saturated heterocycles. The van der Waals surface area contributed by atoms with Crippen molar-refractivity contribution in [3.05, 3.63) is 88.3 Å². The van der Waals surface area contributed by atoms with Gasteiger partial charge in [0, 0.05) is 28.3 Å². The number of ether oxygens (including phenoxy) is 2. The quantitative estimate of drug-likeness (QED) is 0.226. The predicted octanol–water partition coefficient (Wildman–Crippen LogP) is 6.76. The Morgan fingerprint density at radius 2 is 1.78 bits per heavy atom. The van der Waals surface area contributed by atoms with Crippen LogP contribution in [0.3, 0.4) is 0 Å². The molecule has 1 aromatic heterocycles. The highest BCUT2D eigenvalue weighted by Gasteiger charge is 2.20. The van der Waals surface area contributed by atoms with Gasteiger partial charge in [-0.15, -0.1) is 11.3 Å². The van der Waals surface area contributed by atoms with Crippen molar-refractivity contribution in [1.82, 2.24) is 0 Å². The smallest absolute Gasteiger partial charge is 0.303 e. The van der Waals surface area contributed by atoms with E-state index in [-0.39, 0.29) is 36.0 Å². The third kappa shape index (κ3) is 5.78. The first-order chi connectivity index (χ1) is 18.0. The normalized spacial score (nSPS) is 13.6. The van der Waals surface area contributed by atoms with E-state index in [9.17, 15) is 19.8 Å². The SMILES string of the molecule is O=C(O)CCc1cc(C(=O)c2ccc(OC3CCCC3)cc2O)ccc1OCc1csc2ccccc12. The van der Waals surface area contributed by atoms with Crippen molar-refractivity contribution in [1.29, 1.82) is 0 Å². The van der Waals surface area contributed by atoms with Crippen molar-refractivity contribution in [2.45, 2.75) is 51.2 Å². The molecule has 2 N–H and O–H groups in total. The largest absolute Gasteiger partial charge is 0.507 e. The molecule has 190 valence electrons. The number of carbonyl (C=O) groups is 2. The summed E-state index contributed by atoms with van der Waals surface area (Å²) in [6, 6.07) is 17.9. The number of fused-ring (bicyclic) bond motifs is 1. The molecule has 1 aliphatic rings. The fourth-order valence-corrected chi connectivity index (χ4v) is 5.68. The third-order valence-corrected chi connectivity index (χ3v) is 7.71. The van der Waals surface area contributed by atoms with E-state index in [1.807, 2.05) is 18.2 Å². The van der Waals surface area contributed by atoms with Crippen LogP contribution >= 0.6 is 11.3 Å². The summed E-state index contributed by atoms with van der Waals surface area (Å²) < 4.78 is 13.2. The van der Waals surface area contributed by atoms with Gasteiger partial charge in [-0.2, -0.15) is 0 Å². The van der Waals surface area contributed by atoms with Gasteiger partial charge in [0.1, 0.15) is 23.9 Å². The predicted molar refractivity (Wildman–Crippen MR) is 143 cm³/mol. The molecule has 7 heteroatoms. The van der Waals surface area contributed by atoms with Crippen molar-refractivity contribution in [2.75, 3.05) is 0 Å². The minimum absolute atomic E-state index is 0.0894. The number of ketones is 1. The van der Waals surface area contributed by atoms with E-state index in [0.717, 1.165) is 36.6 Å². The number of carbonyl (C=O) groups excluding carboxylic acids is 1. The number of phenols is 1. The third-order valence-electron chi connectivity index (χ3n) is 6.69.